The number of hydrogen-bond acceptors (Lipinski definition) is 1. The van der Waals surface area contributed by atoms with Gasteiger partial charge in [0.1, 0.15) is 5.75 Å². The van der Waals surface area contributed by atoms with E-state index in [9.17, 15) is 5.11 Å². The van der Waals surface area contributed by atoms with Gasteiger partial charge in [0.2, 0.25) is 0 Å². The van der Waals surface area contributed by atoms with Gasteiger partial charge in [0.25, 0.3) is 0 Å². The quantitative estimate of drug-likeness (QED) is 0.163. The van der Waals surface area contributed by atoms with E-state index in [1.54, 1.807) is 19.4 Å². The van der Waals surface area contributed by atoms with Crippen molar-refractivity contribution in [3.63, 3.8) is 0 Å². The molecule has 0 fully saturated rings. The first-order valence-electron chi connectivity index (χ1n) is 12.8. The number of hydrogen-bond donors (Lipinski definition) is 1. The molecule has 0 atom stereocenters. The average molecular weight is 510 g/mol. The van der Waals surface area contributed by atoms with E-state index in [2.05, 4.69) is 27.7 Å². The molecule has 1 aromatic carbocycles. The number of para-hydroxylation sites is 1. The molecule has 1 aromatic rings. The summed E-state index contributed by atoms with van der Waals surface area (Å²) < 4.78 is 5.04. The average Bonchev–Trinajstić information content (AvgIpc) is 2.74. The van der Waals surface area contributed by atoms with Gasteiger partial charge in [-0.1, -0.05) is 63.6 Å². The molecule has 1 rings (SSSR count). The molecule has 0 aromatic heterocycles. The minimum atomic E-state index is -0.839. The van der Waals surface area contributed by atoms with Crippen molar-refractivity contribution in [2.24, 2.45) is 0 Å². The maximum absolute atomic E-state index is 9.58. The summed E-state index contributed by atoms with van der Waals surface area (Å²) in [4.78, 5) is 0. The molecule has 0 saturated heterocycles. The van der Waals surface area contributed by atoms with Gasteiger partial charge in [-0.15, -0.1) is 0 Å². The van der Waals surface area contributed by atoms with Crippen molar-refractivity contribution in [2.45, 2.75) is 131 Å². The first-order valence-corrected chi connectivity index (χ1v) is 18.8. The van der Waals surface area contributed by atoms with Crippen LogP contribution in [0.5, 0.6) is 5.75 Å². The molecule has 0 amide bonds. The minimum absolute atomic E-state index is 0.452. The third-order valence-electron chi connectivity index (χ3n) is 5.69. The van der Waals surface area contributed by atoms with E-state index in [0.717, 1.165) is 12.0 Å². The molecule has 1 radical (unpaired) electrons. The van der Waals surface area contributed by atoms with E-state index in [4.69, 9.17) is 0 Å². The number of rotatable bonds is 17. The molecule has 0 heterocycles. The molecule has 0 aliphatic carbocycles. The Hall–Kier alpha value is -0.181. The molecule has 0 unspecified atom stereocenters. The summed E-state index contributed by atoms with van der Waals surface area (Å²) in [5.74, 6) is 0.452. The first kappa shape index (κ1) is 28.8. The van der Waals surface area contributed by atoms with Crippen molar-refractivity contribution < 1.29 is 5.11 Å². The number of phenols is 1. The number of aromatic hydroxyl groups is 1. The molecular formula is C27H51OSn. The third kappa shape index (κ3) is 18.3. The molecule has 0 bridgehead atoms. The Bertz CT molecular complexity index is 427. The summed E-state index contributed by atoms with van der Waals surface area (Å²) in [5, 5.41) is 9.58. The van der Waals surface area contributed by atoms with Crippen molar-refractivity contribution >= 4 is 19.8 Å². The molecule has 2 heteroatoms. The fraction of sp³-hybridized carbons (Fsp3) is 0.778. The second-order valence-corrected chi connectivity index (χ2v) is 17.1. The van der Waals surface area contributed by atoms with E-state index < -0.39 is 19.8 Å². The van der Waals surface area contributed by atoms with E-state index >= 15 is 0 Å². The summed E-state index contributed by atoms with van der Waals surface area (Å²) in [7, 11) is 0. The van der Waals surface area contributed by atoms with Crippen molar-refractivity contribution in [2.75, 3.05) is 0 Å². The molecule has 0 aliphatic rings. The Balaban J connectivity index is 0.000000555. The van der Waals surface area contributed by atoms with Gasteiger partial charge in [0.15, 0.2) is 0 Å². The molecular weight excluding hydrogens is 459 g/mol. The molecule has 0 saturated carbocycles. The predicted octanol–water partition coefficient (Wildman–Crippen LogP) is 9.57. The monoisotopic (exact) mass is 511 g/mol. The summed E-state index contributed by atoms with van der Waals surface area (Å²) in [6, 6.07) is 7.67. The van der Waals surface area contributed by atoms with Crippen LogP contribution >= 0.6 is 0 Å². The van der Waals surface area contributed by atoms with E-state index in [1.165, 1.54) is 83.5 Å². The van der Waals surface area contributed by atoms with Gasteiger partial charge in [-0.2, -0.15) is 0 Å². The molecule has 1 N–H and O–H groups in total. The van der Waals surface area contributed by atoms with E-state index in [1.807, 2.05) is 18.2 Å². The summed E-state index contributed by atoms with van der Waals surface area (Å²) in [5.41, 5.74) is 1.09. The van der Waals surface area contributed by atoms with Gasteiger partial charge >= 0.3 is 92.4 Å². The van der Waals surface area contributed by atoms with E-state index in [0.29, 0.717) is 5.75 Å². The Morgan fingerprint density at radius 3 is 1.52 bits per heavy atom. The zero-order valence-corrected chi connectivity index (χ0v) is 23.1. The summed E-state index contributed by atoms with van der Waals surface area (Å²) in [6.07, 6.45) is 19.1. The van der Waals surface area contributed by atoms with Crippen molar-refractivity contribution in [3.05, 3.63) is 29.8 Å². The second-order valence-electron chi connectivity index (χ2n) is 8.56. The summed E-state index contributed by atoms with van der Waals surface area (Å²) >= 11 is -0.839. The van der Waals surface area contributed by atoms with Crippen molar-refractivity contribution in [1.29, 1.82) is 0 Å². The normalized spacial score (nSPS) is 10.8. The Morgan fingerprint density at radius 1 is 0.586 bits per heavy atom. The standard InChI is InChI=1S/C15H24O.3C4H9.Sn/c1-2-3-4-5-6-7-8-11-14-12-9-10-13-15(14)16;3*1-3-4-2;/h9-10,12-13,16H,2-8,11H2,1H3;3*1,3-4H2,2H3;. The SMILES string of the molecule is CCCCCCCCCc1ccccc1O.CCC[CH2][Sn]([CH2]CCC)[CH2]CCC. The Labute approximate surface area is 190 Å². The van der Waals surface area contributed by atoms with Crippen molar-refractivity contribution in [3.8, 4) is 5.75 Å². The first-order chi connectivity index (χ1) is 14.2. The van der Waals surface area contributed by atoms with Crippen LogP contribution in [0, 0.1) is 0 Å². The number of phenolic OH excluding ortho intramolecular Hbond substituents is 1. The molecule has 0 aliphatic heterocycles. The third-order valence-corrected chi connectivity index (χ3v) is 14.8. The Morgan fingerprint density at radius 2 is 1.03 bits per heavy atom. The van der Waals surface area contributed by atoms with Gasteiger partial charge in [-0.3, -0.25) is 0 Å². The summed E-state index contributed by atoms with van der Waals surface area (Å²) in [6.45, 7) is 9.25. The zero-order chi connectivity index (χ0) is 21.6. The van der Waals surface area contributed by atoms with Crippen LogP contribution < -0.4 is 0 Å². The Kier molecular flexibility index (Phi) is 22.4. The number of aryl methyl sites for hydroxylation is 1. The van der Waals surface area contributed by atoms with Crippen LogP contribution in [0.25, 0.3) is 0 Å². The van der Waals surface area contributed by atoms with E-state index in [-0.39, 0.29) is 0 Å². The van der Waals surface area contributed by atoms with Crippen LogP contribution in [0.4, 0.5) is 0 Å². The van der Waals surface area contributed by atoms with Crippen LogP contribution in [-0.4, -0.2) is 24.9 Å². The molecule has 0 spiro atoms. The van der Waals surface area contributed by atoms with Gasteiger partial charge in [0, 0.05) is 0 Å². The molecule has 1 nitrogen and oxygen atoms in total. The fourth-order valence-corrected chi connectivity index (χ4v) is 13.1. The van der Waals surface area contributed by atoms with Gasteiger partial charge in [-0.25, -0.2) is 0 Å². The number of benzene rings is 1. The number of unbranched alkanes of at least 4 members (excludes halogenated alkanes) is 9. The maximum atomic E-state index is 9.58. The van der Waals surface area contributed by atoms with Gasteiger partial charge in [-0.05, 0) is 24.5 Å². The van der Waals surface area contributed by atoms with Crippen LogP contribution in [0.3, 0.4) is 0 Å². The van der Waals surface area contributed by atoms with Crippen LogP contribution in [-0.2, 0) is 6.42 Å². The van der Waals surface area contributed by atoms with Crippen molar-refractivity contribution in [1.82, 2.24) is 0 Å². The molecule has 29 heavy (non-hydrogen) atoms. The second kappa shape index (κ2) is 22.5. The zero-order valence-electron chi connectivity index (χ0n) is 20.3. The fourth-order valence-electron chi connectivity index (χ4n) is 3.65. The van der Waals surface area contributed by atoms with Crippen LogP contribution in [0.15, 0.2) is 24.3 Å². The van der Waals surface area contributed by atoms with Crippen LogP contribution in [0.1, 0.15) is 117 Å². The van der Waals surface area contributed by atoms with Gasteiger partial charge in [0.05, 0.1) is 0 Å². The predicted molar refractivity (Wildman–Crippen MR) is 135 cm³/mol. The van der Waals surface area contributed by atoms with Gasteiger partial charge < -0.3 is 5.11 Å². The molecule has 169 valence electrons. The topological polar surface area (TPSA) is 20.2 Å². The van der Waals surface area contributed by atoms with Crippen LogP contribution in [0.2, 0.25) is 13.3 Å².